The molecular weight excluding hydrogens is 1460 g/mol. The number of carbonyl (C=O) groups is 2. The molecule has 10 nitrogen and oxygen atoms in total. The lowest BCUT2D eigenvalue weighted by atomic mass is 9.66. The largest absolute Gasteiger partial charge is 0.289 e. The maximum atomic E-state index is 19.5. The molecule has 4 aliphatic carbocycles. The molecule has 0 aliphatic heterocycles. The van der Waals surface area contributed by atoms with Gasteiger partial charge in [-0.25, -0.2) is 8.78 Å². The van der Waals surface area contributed by atoms with Crippen molar-refractivity contribution in [3.63, 3.8) is 0 Å². The van der Waals surface area contributed by atoms with Gasteiger partial charge >= 0.3 is 0 Å². The smallest absolute Gasteiger partial charge is 0.194 e. The van der Waals surface area contributed by atoms with Crippen LogP contribution in [-0.2, 0) is 10.8 Å². The van der Waals surface area contributed by atoms with Crippen LogP contribution in [0.2, 0.25) is 0 Å². The first-order valence-corrected chi connectivity index (χ1v) is 39.1. The van der Waals surface area contributed by atoms with Crippen LogP contribution in [0, 0.1) is 84.7 Å². The standard InChI is InChI=1S/C90H46F2N8O2S6/c1-43-13-23-53(24-14-43)89(54-25-15-44(2)16-26-54)65-35-49-37-67(61-31-21-47(77-79(61)99-107-97-77)33-63-69(51(39-93)40-94)57-9-5-7-11-59(57)81(63)101)103-83(49)75(91)71(65)85-73(89)87-88(105-85)74-86(106-87)72-66(90(74,55-27-17-45(3)18-28-55)56-29-19-46(4)20-30-56)36-50-38-68(104-84(50)76(72)92)62-32-22-48(78-80(62)100-108-98-78)34-64-70(52(41-95)42-96)58-10-6-8-12-60(58)82(64)102/h5-38H,1-4H3/b63-33-,64-34-. The van der Waals surface area contributed by atoms with Crippen LogP contribution in [0.1, 0.15) is 110 Å². The van der Waals surface area contributed by atoms with Crippen molar-refractivity contribution >= 4 is 155 Å². The first-order valence-electron chi connectivity index (χ1n) is 34.4. The molecule has 508 valence electrons. The molecule has 0 radical (unpaired) electrons. The van der Waals surface area contributed by atoms with Crippen molar-refractivity contribution in [3.05, 3.63) is 328 Å². The lowest BCUT2D eigenvalue weighted by molar-refractivity contribution is 0.103. The van der Waals surface area contributed by atoms with E-state index in [1.165, 1.54) is 22.7 Å². The Hall–Kier alpha value is -12.5. The minimum absolute atomic E-state index is 0.171. The highest BCUT2D eigenvalue weighted by Crippen LogP contribution is 2.70. The summed E-state index contributed by atoms with van der Waals surface area (Å²) in [5.74, 6) is -1.33. The summed E-state index contributed by atoms with van der Waals surface area (Å²) in [6.45, 7) is 8.27. The summed E-state index contributed by atoms with van der Waals surface area (Å²) >= 11 is 7.89. The summed E-state index contributed by atoms with van der Waals surface area (Å²) in [4.78, 5) is 31.4. The Morgan fingerprint density at radius 3 is 1.06 bits per heavy atom. The number of ketones is 2. The Kier molecular flexibility index (Phi) is 14.5. The molecule has 0 saturated carbocycles. The Labute approximate surface area is 639 Å². The molecule has 0 unspecified atom stereocenters. The normalized spacial score (nSPS) is 14.9. The summed E-state index contributed by atoms with van der Waals surface area (Å²) in [7, 11) is 0. The molecular formula is C90H46F2N8O2S6. The van der Waals surface area contributed by atoms with Gasteiger partial charge in [0, 0.05) is 97.4 Å². The number of aryl methyl sites for hydroxylation is 4. The van der Waals surface area contributed by atoms with Gasteiger partial charge < -0.3 is 0 Å². The van der Waals surface area contributed by atoms with Crippen LogP contribution in [0.25, 0.3) is 117 Å². The number of rotatable bonds is 8. The average Bonchev–Trinajstić information content (AvgIpc) is 1.48. The number of aromatic nitrogens is 4. The average molecular weight is 1500 g/mol. The topological polar surface area (TPSA) is 181 Å². The van der Waals surface area contributed by atoms with Crippen LogP contribution in [0.3, 0.4) is 0 Å². The zero-order valence-electron chi connectivity index (χ0n) is 57.2. The molecule has 6 heterocycles. The molecule has 0 saturated heterocycles. The van der Waals surface area contributed by atoms with Crippen molar-refractivity contribution in [3.8, 4) is 66.0 Å². The third-order valence-electron chi connectivity index (χ3n) is 21.9. The van der Waals surface area contributed by atoms with E-state index >= 15 is 8.78 Å². The van der Waals surface area contributed by atoms with E-state index in [9.17, 15) is 30.6 Å². The number of hydrogen-bond donors (Lipinski definition) is 0. The third kappa shape index (κ3) is 8.93. The number of allylic oxidation sites excluding steroid dienone is 6. The van der Waals surface area contributed by atoms with Gasteiger partial charge in [-0.1, -0.05) is 192 Å². The van der Waals surface area contributed by atoms with E-state index in [0.717, 1.165) is 130 Å². The summed E-state index contributed by atoms with van der Waals surface area (Å²) in [6.07, 6.45) is 3.38. The van der Waals surface area contributed by atoms with E-state index in [4.69, 9.17) is 17.5 Å². The fourth-order valence-electron chi connectivity index (χ4n) is 17.0. The van der Waals surface area contributed by atoms with Crippen LogP contribution in [0.5, 0.6) is 0 Å². The van der Waals surface area contributed by atoms with Crippen molar-refractivity contribution in [2.45, 2.75) is 38.5 Å². The minimum atomic E-state index is -1.12. The maximum Gasteiger partial charge on any atom is 0.194 e. The molecule has 0 atom stereocenters. The highest BCUT2D eigenvalue weighted by atomic mass is 32.1. The molecule has 6 aromatic heterocycles. The van der Waals surface area contributed by atoms with Gasteiger partial charge in [-0.05, 0) is 119 Å². The number of hydrogen-bond acceptors (Lipinski definition) is 16. The number of halogens is 2. The number of carbonyl (C=O) groups excluding carboxylic acids is 2. The van der Waals surface area contributed by atoms with Gasteiger partial charge in [-0.3, -0.25) is 9.59 Å². The molecule has 18 heteroatoms. The van der Waals surface area contributed by atoms with Gasteiger partial charge in [0.25, 0.3) is 0 Å². The van der Waals surface area contributed by atoms with Crippen molar-refractivity contribution in [1.82, 2.24) is 17.5 Å². The third-order valence-corrected chi connectivity index (χ3v) is 27.8. The first-order chi connectivity index (χ1) is 52.7. The highest BCUT2D eigenvalue weighted by Gasteiger charge is 2.56. The Bertz CT molecular complexity index is 6600. The fraction of sp³-hybridized carbons (Fsp3) is 0.0667. The Morgan fingerprint density at radius 1 is 0.389 bits per heavy atom. The number of nitriles is 4. The molecule has 20 rings (SSSR count). The number of thiophene rings is 4. The van der Waals surface area contributed by atoms with Crippen LogP contribution < -0.4 is 0 Å². The lowest BCUT2D eigenvalue weighted by Crippen LogP contribution is -2.29. The first kappa shape index (κ1) is 65.1. The van der Waals surface area contributed by atoms with Crippen LogP contribution in [0.4, 0.5) is 8.78 Å². The number of fused-ring (bicyclic) bond motifs is 15. The number of Topliss-reactive ketones (excluding diaryl/α,β-unsaturated/α-hetero) is 2. The summed E-state index contributed by atoms with van der Waals surface area (Å²) in [5, 5.41) is 41.9. The SMILES string of the molecule is Cc1ccc(C2(c3ccc(C)cc3)c3cc4cc(-c5ccc(/C=C6\C(=O)c7ccccc7C6=C(C#N)C#N)c6nsnc56)sc4c(F)c3-c3sc4c5c(sc4c32)-c2c(cc3cc(-c4ccc(/C=C6\C(=O)c7ccccc7C6=C(C#N)C#N)c6nsnc46)sc3c2F)C5(c2ccc(C)cc2)c2ccc(C)cc2)cc1. The second kappa shape index (κ2) is 24.0. The zero-order chi connectivity index (χ0) is 73.5. The van der Waals surface area contributed by atoms with Crippen molar-refractivity contribution < 1.29 is 18.4 Å². The predicted molar refractivity (Wildman–Crippen MR) is 431 cm³/mol. The monoisotopic (exact) mass is 1500 g/mol. The zero-order valence-corrected chi connectivity index (χ0v) is 62.1. The van der Waals surface area contributed by atoms with E-state index in [-0.39, 0.29) is 56.6 Å². The second-order valence-corrected chi connectivity index (χ2v) is 32.9. The molecule has 4 aliphatic rings. The minimum Gasteiger partial charge on any atom is -0.289 e. The molecule has 108 heavy (non-hydrogen) atoms. The summed E-state index contributed by atoms with van der Waals surface area (Å²) in [6, 6.07) is 72.3. The van der Waals surface area contributed by atoms with Crippen LogP contribution >= 0.6 is 68.8 Å². The molecule has 0 amide bonds. The maximum absolute atomic E-state index is 19.5. The Balaban J connectivity index is 0.804. The van der Waals surface area contributed by atoms with Crippen molar-refractivity contribution in [2.24, 2.45) is 0 Å². The van der Waals surface area contributed by atoms with Gasteiger partial charge in [0.2, 0.25) is 0 Å². The Morgan fingerprint density at radius 2 is 0.722 bits per heavy atom. The summed E-state index contributed by atoms with van der Waals surface area (Å²) < 4.78 is 60.9. The van der Waals surface area contributed by atoms with Gasteiger partial charge in [-0.15, -0.1) is 45.3 Å². The van der Waals surface area contributed by atoms with E-state index in [1.54, 1.807) is 83.4 Å². The molecule has 0 bridgehead atoms. The second-order valence-electron chi connectivity index (χ2n) is 27.7. The van der Waals surface area contributed by atoms with E-state index in [2.05, 4.69) is 137 Å². The van der Waals surface area contributed by atoms with Crippen molar-refractivity contribution in [2.75, 3.05) is 0 Å². The molecule has 10 aromatic carbocycles. The van der Waals surface area contributed by atoms with E-state index in [0.29, 0.717) is 86.7 Å². The molecule has 0 fully saturated rings. The predicted octanol–water partition coefficient (Wildman–Crippen LogP) is 23.1. The lowest BCUT2D eigenvalue weighted by Gasteiger charge is -2.34. The van der Waals surface area contributed by atoms with Gasteiger partial charge in [-0.2, -0.15) is 38.5 Å². The summed E-state index contributed by atoms with van der Waals surface area (Å²) in [5.41, 5.74) is 17.4. The van der Waals surface area contributed by atoms with Crippen molar-refractivity contribution in [1.29, 1.82) is 21.0 Å². The van der Waals surface area contributed by atoms with Gasteiger partial charge in [0.05, 0.1) is 53.1 Å². The molecule has 0 N–H and O–H groups in total. The fourth-order valence-corrected chi connectivity index (χ4v) is 23.6. The van der Waals surface area contributed by atoms with E-state index < -0.39 is 10.8 Å². The molecule has 16 aromatic rings. The van der Waals surface area contributed by atoms with Gasteiger partial charge in [0.15, 0.2) is 11.6 Å². The quantitative estimate of drug-likeness (QED) is 0.105. The highest BCUT2D eigenvalue weighted by molar-refractivity contribution is 7.32. The van der Waals surface area contributed by atoms with Gasteiger partial charge in [0.1, 0.15) is 69.1 Å². The number of nitrogens with zero attached hydrogens (tertiary/aromatic N) is 8. The van der Waals surface area contributed by atoms with E-state index in [1.807, 2.05) is 60.7 Å². The van der Waals surface area contributed by atoms with Crippen LogP contribution in [-0.4, -0.2) is 29.1 Å². The van der Waals surface area contributed by atoms with Crippen LogP contribution in [0.15, 0.2) is 216 Å². The number of benzene rings is 10. The molecule has 0 spiro atoms.